The van der Waals surface area contributed by atoms with Crippen LogP contribution >= 0.6 is 0 Å². The number of halogens is 1. The summed E-state index contributed by atoms with van der Waals surface area (Å²) in [5.74, 6) is -1.12. The smallest absolute Gasteiger partial charge is 0.272 e. The molecule has 28 heavy (non-hydrogen) atoms. The molecule has 2 aromatic carbocycles. The molecule has 1 atom stereocenters. The predicted molar refractivity (Wildman–Crippen MR) is 99.5 cm³/mol. The number of nitrogens with zero attached hydrogens (tertiary/aromatic N) is 2. The van der Waals surface area contributed by atoms with E-state index in [0.717, 1.165) is 5.56 Å². The summed E-state index contributed by atoms with van der Waals surface area (Å²) in [6.45, 7) is 0.510. The molecule has 2 heterocycles. The highest BCUT2D eigenvalue weighted by atomic mass is 19.1. The Morgan fingerprint density at radius 3 is 2.93 bits per heavy atom. The maximum Gasteiger partial charge on any atom is 0.272 e. The Hall–Kier alpha value is -3.68. The second-order valence-electron chi connectivity index (χ2n) is 6.38. The number of hydrogen-bond acceptors (Lipinski definition) is 4. The van der Waals surface area contributed by atoms with Gasteiger partial charge >= 0.3 is 0 Å². The molecule has 0 saturated heterocycles. The number of ether oxygens (including phenoxy) is 1. The van der Waals surface area contributed by atoms with Crippen LogP contribution in [0.15, 0.2) is 61.1 Å². The Morgan fingerprint density at radius 2 is 2.11 bits per heavy atom. The number of benzene rings is 2. The SMILES string of the molecule is O=C(N[C@H]1COc2ccc(F)cc2NC1=O)c1cn(Cc2ccccc2)cn1. The number of aromatic nitrogens is 2. The van der Waals surface area contributed by atoms with E-state index in [2.05, 4.69) is 15.6 Å². The van der Waals surface area contributed by atoms with E-state index < -0.39 is 23.7 Å². The van der Waals surface area contributed by atoms with Gasteiger partial charge in [-0.2, -0.15) is 0 Å². The van der Waals surface area contributed by atoms with Crippen molar-refractivity contribution in [1.29, 1.82) is 0 Å². The fourth-order valence-corrected chi connectivity index (χ4v) is 2.89. The summed E-state index contributed by atoms with van der Waals surface area (Å²) in [6.07, 6.45) is 3.17. The Kier molecular flexibility index (Phi) is 4.76. The van der Waals surface area contributed by atoms with Crippen LogP contribution in [-0.2, 0) is 11.3 Å². The maximum atomic E-state index is 13.4. The topological polar surface area (TPSA) is 85.3 Å². The van der Waals surface area contributed by atoms with Crippen LogP contribution in [0.4, 0.5) is 10.1 Å². The van der Waals surface area contributed by atoms with Crippen molar-refractivity contribution >= 4 is 17.5 Å². The van der Waals surface area contributed by atoms with Crippen molar-refractivity contribution in [3.63, 3.8) is 0 Å². The van der Waals surface area contributed by atoms with Crippen LogP contribution in [0.1, 0.15) is 16.1 Å². The molecule has 142 valence electrons. The number of imidazole rings is 1. The molecule has 3 aromatic rings. The second kappa shape index (κ2) is 7.51. The average Bonchev–Trinajstić information content (AvgIpc) is 3.09. The molecule has 0 radical (unpaired) electrons. The second-order valence-corrected chi connectivity index (χ2v) is 6.38. The average molecular weight is 380 g/mol. The maximum absolute atomic E-state index is 13.4. The van der Waals surface area contributed by atoms with Crippen LogP contribution < -0.4 is 15.4 Å². The van der Waals surface area contributed by atoms with Gasteiger partial charge in [0.05, 0.1) is 12.0 Å². The largest absolute Gasteiger partial charge is 0.489 e. The number of anilines is 1. The van der Waals surface area contributed by atoms with Crippen LogP contribution in [0.25, 0.3) is 0 Å². The quantitative estimate of drug-likeness (QED) is 0.727. The normalized spacial score (nSPS) is 15.8. The standard InChI is InChI=1S/C20H17FN4O3/c21-14-6-7-18-15(8-14)23-20(27)17(11-28-18)24-19(26)16-10-25(12-22-16)9-13-4-2-1-3-5-13/h1-8,10,12,17H,9,11H2,(H,23,27)(H,24,26)/t17-/m0/s1. The Morgan fingerprint density at radius 1 is 1.29 bits per heavy atom. The van der Waals surface area contributed by atoms with Gasteiger partial charge in [0, 0.05) is 18.8 Å². The number of nitrogens with one attached hydrogen (secondary N) is 2. The first-order chi connectivity index (χ1) is 13.6. The zero-order chi connectivity index (χ0) is 19.5. The van der Waals surface area contributed by atoms with Gasteiger partial charge in [0.2, 0.25) is 0 Å². The number of fused-ring (bicyclic) bond motifs is 1. The van der Waals surface area contributed by atoms with Gasteiger partial charge in [0.15, 0.2) is 0 Å². The molecule has 0 saturated carbocycles. The van der Waals surface area contributed by atoms with Crippen LogP contribution in [0.3, 0.4) is 0 Å². The van der Waals surface area contributed by atoms with Crippen LogP contribution in [0, 0.1) is 5.82 Å². The molecule has 2 amide bonds. The van der Waals surface area contributed by atoms with Crippen molar-refractivity contribution in [3.05, 3.63) is 78.1 Å². The third-order valence-corrected chi connectivity index (χ3v) is 4.30. The predicted octanol–water partition coefficient (Wildman–Crippen LogP) is 2.20. The molecular weight excluding hydrogens is 363 g/mol. The highest BCUT2D eigenvalue weighted by molar-refractivity contribution is 6.01. The fraction of sp³-hybridized carbons (Fsp3) is 0.150. The number of hydrogen-bond donors (Lipinski definition) is 2. The minimum Gasteiger partial charge on any atom is -0.489 e. The van der Waals surface area contributed by atoms with Crippen molar-refractivity contribution in [2.75, 3.05) is 11.9 Å². The van der Waals surface area contributed by atoms with Gasteiger partial charge in [-0.15, -0.1) is 0 Å². The first-order valence-corrected chi connectivity index (χ1v) is 8.68. The molecule has 0 fully saturated rings. The summed E-state index contributed by atoms with van der Waals surface area (Å²) in [5.41, 5.74) is 1.50. The number of amides is 2. The van der Waals surface area contributed by atoms with Crippen molar-refractivity contribution in [2.45, 2.75) is 12.6 Å². The van der Waals surface area contributed by atoms with Crippen LogP contribution in [-0.4, -0.2) is 34.0 Å². The Bertz CT molecular complexity index is 1020. The van der Waals surface area contributed by atoms with Crippen molar-refractivity contribution in [1.82, 2.24) is 14.9 Å². The highest BCUT2D eigenvalue weighted by Gasteiger charge is 2.27. The lowest BCUT2D eigenvalue weighted by Gasteiger charge is -2.13. The van der Waals surface area contributed by atoms with E-state index in [-0.39, 0.29) is 18.0 Å². The molecule has 0 spiro atoms. The van der Waals surface area contributed by atoms with Crippen molar-refractivity contribution in [3.8, 4) is 5.75 Å². The van der Waals surface area contributed by atoms with Gasteiger partial charge in [0.1, 0.15) is 29.9 Å². The van der Waals surface area contributed by atoms with Crippen LogP contribution in [0.2, 0.25) is 0 Å². The molecule has 4 rings (SSSR count). The first kappa shape index (κ1) is 17.7. The molecule has 8 heteroatoms. The molecule has 2 N–H and O–H groups in total. The monoisotopic (exact) mass is 380 g/mol. The third kappa shape index (κ3) is 3.85. The Balaban J connectivity index is 1.42. The van der Waals surface area contributed by atoms with E-state index in [1.807, 2.05) is 30.3 Å². The van der Waals surface area contributed by atoms with E-state index in [4.69, 9.17) is 4.74 Å². The molecule has 1 aromatic heterocycles. The van der Waals surface area contributed by atoms with E-state index in [9.17, 15) is 14.0 Å². The Labute approximate surface area is 160 Å². The van der Waals surface area contributed by atoms with Crippen LogP contribution in [0.5, 0.6) is 5.75 Å². The van der Waals surface area contributed by atoms with Gasteiger partial charge in [-0.3, -0.25) is 9.59 Å². The summed E-state index contributed by atoms with van der Waals surface area (Å²) in [6, 6.07) is 12.7. The summed E-state index contributed by atoms with van der Waals surface area (Å²) >= 11 is 0. The van der Waals surface area contributed by atoms with Gasteiger partial charge < -0.3 is 19.9 Å². The summed E-state index contributed by atoms with van der Waals surface area (Å²) in [5, 5.41) is 5.17. The van der Waals surface area contributed by atoms with Gasteiger partial charge in [-0.25, -0.2) is 9.37 Å². The van der Waals surface area contributed by atoms with E-state index in [1.54, 1.807) is 17.1 Å². The lowest BCUT2D eigenvalue weighted by Crippen LogP contribution is -2.46. The minimum absolute atomic E-state index is 0.0685. The van der Waals surface area contributed by atoms with Crippen molar-refractivity contribution < 1.29 is 18.7 Å². The van der Waals surface area contributed by atoms with Crippen molar-refractivity contribution in [2.24, 2.45) is 0 Å². The molecule has 1 aliphatic rings. The van der Waals surface area contributed by atoms with E-state index in [1.165, 1.54) is 18.2 Å². The molecule has 0 unspecified atom stereocenters. The van der Waals surface area contributed by atoms with Gasteiger partial charge in [0.25, 0.3) is 11.8 Å². The van der Waals surface area contributed by atoms with Gasteiger partial charge in [-0.1, -0.05) is 30.3 Å². The zero-order valence-electron chi connectivity index (χ0n) is 14.8. The zero-order valence-corrected chi connectivity index (χ0v) is 14.8. The highest BCUT2D eigenvalue weighted by Crippen LogP contribution is 2.27. The van der Waals surface area contributed by atoms with Gasteiger partial charge in [-0.05, 0) is 17.7 Å². The molecular formula is C20H17FN4O3. The van der Waals surface area contributed by atoms with E-state index >= 15 is 0 Å². The number of carbonyl (C=O) groups excluding carboxylic acids is 2. The minimum atomic E-state index is -0.928. The lowest BCUT2D eigenvalue weighted by molar-refractivity contribution is -0.118. The molecule has 0 aliphatic carbocycles. The molecule has 0 bridgehead atoms. The first-order valence-electron chi connectivity index (χ1n) is 8.68. The summed E-state index contributed by atoms with van der Waals surface area (Å²) in [7, 11) is 0. The molecule has 1 aliphatic heterocycles. The number of carbonyl (C=O) groups is 2. The summed E-state index contributed by atoms with van der Waals surface area (Å²) < 4.78 is 20.7. The fourth-order valence-electron chi connectivity index (χ4n) is 2.89. The van der Waals surface area contributed by atoms with E-state index in [0.29, 0.717) is 12.3 Å². The molecule has 7 nitrogen and oxygen atoms in total. The number of rotatable bonds is 4. The third-order valence-electron chi connectivity index (χ3n) is 4.30. The lowest BCUT2D eigenvalue weighted by atomic mass is 10.2. The summed E-state index contributed by atoms with van der Waals surface area (Å²) in [4.78, 5) is 28.9.